The molecule has 0 spiro atoms. The van der Waals surface area contributed by atoms with Gasteiger partial charge in [-0.3, -0.25) is 9.59 Å². The molecular formula is C15H21ClFN3O2. The number of nitrogens with one attached hydrogen (secondary N) is 1. The fourth-order valence-electron chi connectivity index (χ4n) is 2.43. The molecule has 1 aliphatic rings. The second-order valence-corrected chi connectivity index (χ2v) is 5.38. The molecule has 1 fully saturated rings. The Bertz CT molecular complexity index is 514. The Balaban J connectivity index is 0.00000242. The first-order chi connectivity index (χ1) is 9.97. The van der Waals surface area contributed by atoms with E-state index in [4.69, 9.17) is 5.73 Å². The van der Waals surface area contributed by atoms with E-state index in [0.29, 0.717) is 31.6 Å². The lowest BCUT2D eigenvalue weighted by atomic mass is 9.95. The van der Waals surface area contributed by atoms with Crippen molar-refractivity contribution in [1.82, 2.24) is 4.90 Å². The lowest BCUT2D eigenvalue weighted by molar-refractivity contribution is -0.135. The molecule has 2 amide bonds. The van der Waals surface area contributed by atoms with E-state index in [9.17, 15) is 14.0 Å². The number of carbonyl (C=O) groups excluding carboxylic acids is 2. The summed E-state index contributed by atoms with van der Waals surface area (Å²) in [4.78, 5) is 25.6. The number of anilines is 1. The summed E-state index contributed by atoms with van der Waals surface area (Å²) >= 11 is 0. The molecule has 1 saturated heterocycles. The molecule has 122 valence electrons. The van der Waals surface area contributed by atoms with E-state index >= 15 is 0 Å². The first kappa shape index (κ1) is 18.4. The van der Waals surface area contributed by atoms with Crippen LogP contribution < -0.4 is 11.1 Å². The summed E-state index contributed by atoms with van der Waals surface area (Å²) in [6.07, 6.45) is 1.23. The van der Waals surface area contributed by atoms with Crippen molar-refractivity contribution in [3.63, 3.8) is 0 Å². The molecule has 1 aromatic carbocycles. The van der Waals surface area contributed by atoms with Crippen LogP contribution in [0.5, 0.6) is 0 Å². The Labute approximate surface area is 135 Å². The summed E-state index contributed by atoms with van der Waals surface area (Å²) in [5.74, 6) is -0.634. The molecular weight excluding hydrogens is 309 g/mol. The zero-order valence-electron chi connectivity index (χ0n) is 12.4. The number of benzene rings is 1. The Morgan fingerprint density at radius 1 is 1.27 bits per heavy atom. The molecule has 1 aromatic rings. The Morgan fingerprint density at radius 3 is 2.32 bits per heavy atom. The van der Waals surface area contributed by atoms with Gasteiger partial charge in [0, 0.05) is 24.7 Å². The van der Waals surface area contributed by atoms with Crippen molar-refractivity contribution in [2.45, 2.75) is 25.8 Å². The predicted molar refractivity (Wildman–Crippen MR) is 85.2 cm³/mol. The SMILES string of the molecule is C[C@@H](N)C(=O)N1CCC(C(=O)Nc2ccc(F)cc2)CC1.Cl. The van der Waals surface area contributed by atoms with Gasteiger partial charge in [0.25, 0.3) is 0 Å². The van der Waals surface area contributed by atoms with Gasteiger partial charge in [-0.05, 0) is 44.0 Å². The van der Waals surface area contributed by atoms with Crippen LogP contribution in [0.2, 0.25) is 0 Å². The minimum atomic E-state index is -0.505. The van der Waals surface area contributed by atoms with Gasteiger partial charge in [0.2, 0.25) is 11.8 Å². The van der Waals surface area contributed by atoms with Gasteiger partial charge in [0.05, 0.1) is 6.04 Å². The minimum Gasteiger partial charge on any atom is -0.341 e. The minimum absolute atomic E-state index is 0. The van der Waals surface area contributed by atoms with Crippen molar-refractivity contribution in [3.8, 4) is 0 Å². The average Bonchev–Trinajstić information content (AvgIpc) is 2.49. The quantitative estimate of drug-likeness (QED) is 0.887. The fraction of sp³-hybridized carbons (Fsp3) is 0.467. The molecule has 1 atom stereocenters. The average molecular weight is 330 g/mol. The number of amides is 2. The van der Waals surface area contributed by atoms with E-state index < -0.39 is 6.04 Å². The van der Waals surface area contributed by atoms with Crippen molar-refractivity contribution in [3.05, 3.63) is 30.1 Å². The van der Waals surface area contributed by atoms with Crippen LogP contribution in [0.25, 0.3) is 0 Å². The molecule has 0 radical (unpaired) electrons. The predicted octanol–water partition coefficient (Wildman–Crippen LogP) is 1.77. The van der Waals surface area contributed by atoms with Gasteiger partial charge < -0.3 is 16.0 Å². The number of piperidine rings is 1. The number of halogens is 2. The molecule has 5 nitrogen and oxygen atoms in total. The second-order valence-electron chi connectivity index (χ2n) is 5.38. The van der Waals surface area contributed by atoms with E-state index in [0.717, 1.165) is 0 Å². The molecule has 1 heterocycles. The van der Waals surface area contributed by atoms with Crippen LogP contribution >= 0.6 is 12.4 Å². The molecule has 0 aliphatic carbocycles. The number of likely N-dealkylation sites (tertiary alicyclic amines) is 1. The highest BCUT2D eigenvalue weighted by Gasteiger charge is 2.28. The van der Waals surface area contributed by atoms with Crippen molar-refractivity contribution in [2.75, 3.05) is 18.4 Å². The summed E-state index contributed by atoms with van der Waals surface area (Å²) in [5.41, 5.74) is 6.15. The van der Waals surface area contributed by atoms with Crippen molar-refractivity contribution in [2.24, 2.45) is 11.7 Å². The lowest BCUT2D eigenvalue weighted by Crippen LogP contribution is -2.47. The van der Waals surface area contributed by atoms with Crippen LogP contribution in [-0.2, 0) is 9.59 Å². The van der Waals surface area contributed by atoms with E-state index in [2.05, 4.69) is 5.32 Å². The van der Waals surface area contributed by atoms with Gasteiger partial charge >= 0.3 is 0 Å². The zero-order chi connectivity index (χ0) is 15.4. The third-order valence-corrected chi connectivity index (χ3v) is 3.68. The number of hydrogen-bond donors (Lipinski definition) is 2. The molecule has 2 rings (SSSR count). The molecule has 3 N–H and O–H groups in total. The van der Waals surface area contributed by atoms with Gasteiger partial charge in [-0.1, -0.05) is 0 Å². The normalized spacial score (nSPS) is 16.6. The zero-order valence-corrected chi connectivity index (χ0v) is 13.2. The summed E-state index contributed by atoms with van der Waals surface area (Å²) in [5, 5.41) is 2.77. The second kappa shape index (κ2) is 8.10. The molecule has 22 heavy (non-hydrogen) atoms. The number of hydrogen-bond acceptors (Lipinski definition) is 3. The number of rotatable bonds is 3. The van der Waals surface area contributed by atoms with Crippen LogP contribution in [0.15, 0.2) is 24.3 Å². The maximum atomic E-state index is 12.8. The van der Waals surface area contributed by atoms with Crippen molar-refractivity contribution >= 4 is 29.9 Å². The summed E-state index contributed by atoms with van der Waals surface area (Å²) in [6.45, 7) is 2.75. The highest BCUT2D eigenvalue weighted by Crippen LogP contribution is 2.20. The van der Waals surface area contributed by atoms with Gasteiger partial charge in [-0.2, -0.15) is 0 Å². The van der Waals surface area contributed by atoms with Gasteiger partial charge in [0.1, 0.15) is 5.82 Å². The maximum absolute atomic E-state index is 12.8. The molecule has 0 aromatic heterocycles. The van der Waals surface area contributed by atoms with Crippen LogP contribution in [0.4, 0.5) is 10.1 Å². The van der Waals surface area contributed by atoms with Crippen LogP contribution in [0.3, 0.4) is 0 Å². The van der Waals surface area contributed by atoms with Gasteiger partial charge in [-0.25, -0.2) is 4.39 Å². The molecule has 0 bridgehead atoms. The third-order valence-electron chi connectivity index (χ3n) is 3.68. The standard InChI is InChI=1S/C15H20FN3O2.ClH/c1-10(17)15(21)19-8-6-11(7-9-19)14(20)18-13-4-2-12(16)3-5-13;/h2-5,10-11H,6-9,17H2,1H3,(H,18,20);1H/t10-;/m1./s1. The van der Waals surface area contributed by atoms with Gasteiger partial charge in [0.15, 0.2) is 0 Å². The number of nitrogens with two attached hydrogens (primary N) is 1. The third kappa shape index (κ3) is 4.68. The smallest absolute Gasteiger partial charge is 0.239 e. The van der Waals surface area contributed by atoms with E-state index in [-0.39, 0.29) is 36.0 Å². The Kier molecular flexibility index (Phi) is 6.77. The van der Waals surface area contributed by atoms with Crippen LogP contribution in [0.1, 0.15) is 19.8 Å². The highest BCUT2D eigenvalue weighted by molar-refractivity contribution is 5.92. The highest BCUT2D eigenvalue weighted by atomic mass is 35.5. The Hall–Kier alpha value is -1.66. The maximum Gasteiger partial charge on any atom is 0.239 e. The van der Waals surface area contributed by atoms with Gasteiger partial charge in [-0.15, -0.1) is 12.4 Å². The van der Waals surface area contributed by atoms with Crippen LogP contribution in [0, 0.1) is 11.7 Å². The molecule has 7 heteroatoms. The first-order valence-corrected chi connectivity index (χ1v) is 7.08. The van der Waals surface area contributed by atoms with E-state index in [1.165, 1.54) is 24.3 Å². The lowest BCUT2D eigenvalue weighted by Gasteiger charge is -2.32. The summed E-state index contributed by atoms with van der Waals surface area (Å²) < 4.78 is 12.8. The summed E-state index contributed by atoms with van der Waals surface area (Å²) in [7, 11) is 0. The number of carbonyl (C=O) groups is 2. The van der Waals surface area contributed by atoms with E-state index in [1.807, 2.05) is 0 Å². The van der Waals surface area contributed by atoms with Crippen molar-refractivity contribution in [1.29, 1.82) is 0 Å². The van der Waals surface area contributed by atoms with Crippen molar-refractivity contribution < 1.29 is 14.0 Å². The van der Waals surface area contributed by atoms with Crippen LogP contribution in [-0.4, -0.2) is 35.8 Å². The fourth-order valence-corrected chi connectivity index (χ4v) is 2.43. The number of nitrogens with zero attached hydrogens (tertiary/aromatic N) is 1. The molecule has 0 saturated carbocycles. The molecule has 1 aliphatic heterocycles. The van der Waals surface area contributed by atoms with E-state index in [1.54, 1.807) is 11.8 Å². The first-order valence-electron chi connectivity index (χ1n) is 7.08. The molecule has 0 unspecified atom stereocenters. The topological polar surface area (TPSA) is 75.4 Å². The summed E-state index contributed by atoms with van der Waals surface area (Å²) in [6, 6.07) is 5.16. The Morgan fingerprint density at radius 2 is 1.82 bits per heavy atom. The largest absolute Gasteiger partial charge is 0.341 e. The monoisotopic (exact) mass is 329 g/mol.